The SMILES string of the molecule is Cc1cc(C#CC(C)(C)C)c2c(c1)C(=O)CCN2. The van der Waals surface area contributed by atoms with Crippen molar-refractivity contribution < 1.29 is 4.79 Å². The summed E-state index contributed by atoms with van der Waals surface area (Å²) in [4.78, 5) is 11.9. The molecule has 1 aromatic carbocycles. The molecule has 0 saturated carbocycles. The van der Waals surface area contributed by atoms with Crippen LogP contribution in [0.2, 0.25) is 0 Å². The standard InChI is InChI=1S/C16H19NO/c1-11-9-12(5-7-16(2,3)4)15-13(10-11)14(18)6-8-17-15/h9-10,17H,6,8H2,1-4H3. The predicted molar refractivity (Wildman–Crippen MR) is 74.9 cm³/mol. The van der Waals surface area contributed by atoms with Gasteiger partial charge in [0.15, 0.2) is 5.78 Å². The molecule has 1 aromatic rings. The van der Waals surface area contributed by atoms with Crippen LogP contribution in [0.4, 0.5) is 5.69 Å². The summed E-state index contributed by atoms with van der Waals surface area (Å²) in [6.07, 6.45) is 0.572. The van der Waals surface area contributed by atoms with Crippen LogP contribution in [0.25, 0.3) is 0 Å². The first-order valence-electron chi connectivity index (χ1n) is 6.32. The lowest BCUT2D eigenvalue weighted by atomic mass is 9.94. The van der Waals surface area contributed by atoms with Gasteiger partial charge in [0.2, 0.25) is 0 Å². The number of hydrogen-bond acceptors (Lipinski definition) is 2. The van der Waals surface area contributed by atoms with Gasteiger partial charge in [-0.05, 0) is 45.4 Å². The molecule has 0 saturated heterocycles. The quantitative estimate of drug-likeness (QED) is 0.705. The van der Waals surface area contributed by atoms with Crippen molar-refractivity contribution in [3.05, 3.63) is 28.8 Å². The molecule has 0 aromatic heterocycles. The second-order valence-electron chi connectivity index (χ2n) is 5.83. The Balaban J connectivity index is 2.54. The average Bonchev–Trinajstić information content (AvgIpc) is 2.26. The highest BCUT2D eigenvalue weighted by Gasteiger charge is 2.19. The lowest BCUT2D eigenvalue weighted by molar-refractivity contribution is 0.0983. The monoisotopic (exact) mass is 241 g/mol. The van der Waals surface area contributed by atoms with Gasteiger partial charge in [0.25, 0.3) is 0 Å². The molecule has 2 nitrogen and oxygen atoms in total. The molecule has 18 heavy (non-hydrogen) atoms. The highest BCUT2D eigenvalue weighted by atomic mass is 16.1. The molecule has 0 atom stereocenters. The molecule has 94 valence electrons. The van der Waals surface area contributed by atoms with Crippen LogP contribution in [0, 0.1) is 24.2 Å². The van der Waals surface area contributed by atoms with Crippen molar-refractivity contribution in [2.45, 2.75) is 34.1 Å². The minimum absolute atomic E-state index is 0.0324. The van der Waals surface area contributed by atoms with E-state index in [1.807, 2.05) is 19.1 Å². The van der Waals surface area contributed by atoms with Crippen molar-refractivity contribution in [3.8, 4) is 11.8 Å². The highest BCUT2D eigenvalue weighted by molar-refractivity contribution is 6.04. The van der Waals surface area contributed by atoms with Crippen molar-refractivity contribution in [2.24, 2.45) is 5.41 Å². The molecule has 2 heteroatoms. The van der Waals surface area contributed by atoms with Crippen molar-refractivity contribution in [2.75, 3.05) is 11.9 Å². The van der Waals surface area contributed by atoms with Gasteiger partial charge in [-0.2, -0.15) is 0 Å². The molecule has 0 radical (unpaired) electrons. The fraction of sp³-hybridized carbons (Fsp3) is 0.438. The Bertz CT molecular complexity index is 553. The molecule has 0 aliphatic carbocycles. The molecule has 1 aliphatic rings. The van der Waals surface area contributed by atoms with E-state index in [-0.39, 0.29) is 11.2 Å². The maximum Gasteiger partial charge on any atom is 0.166 e. The van der Waals surface area contributed by atoms with Gasteiger partial charge in [-0.15, -0.1) is 0 Å². The Morgan fingerprint density at radius 1 is 1.28 bits per heavy atom. The molecular weight excluding hydrogens is 222 g/mol. The highest BCUT2D eigenvalue weighted by Crippen LogP contribution is 2.27. The summed E-state index contributed by atoms with van der Waals surface area (Å²) in [5.41, 5.74) is 3.69. The van der Waals surface area contributed by atoms with Crippen LogP contribution in [0.3, 0.4) is 0 Å². The fourth-order valence-electron chi connectivity index (χ4n) is 1.99. The zero-order valence-electron chi connectivity index (χ0n) is 11.5. The van der Waals surface area contributed by atoms with Crippen LogP contribution in [0.1, 0.15) is 48.7 Å². The number of rotatable bonds is 0. The normalized spacial score (nSPS) is 14.3. The van der Waals surface area contributed by atoms with E-state index in [9.17, 15) is 4.79 Å². The molecule has 0 unspecified atom stereocenters. The summed E-state index contributed by atoms with van der Waals surface area (Å²) >= 11 is 0. The van der Waals surface area contributed by atoms with Gasteiger partial charge in [0.05, 0.1) is 5.69 Å². The zero-order chi connectivity index (χ0) is 13.3. The largest absolute Gasteiger partial charge is 0.383 e. The molecule has 0 fully saturated rings. The third kappa shape index (κ3) is 2.73. The molecule has 1 N–H and O–H groups in total. The Kier molecular flexibility index (Phi) is 3.17. The Morgan fingerprint density at radius 2 is 2.00 bits per heavy atom. The predicted octanol–water partition coefficient (Wildman–Crippen LogP) is 3.39. The first-order valence-corrected chi connectivity index (χ1v) is 6.32. The number of carbonyl (C=O) groups excluding carboxylic acids is 1. The van der Waals surface area contributed by atoms with Gasteiger partial charge in [-0.3, -0.25) is 4.79 Å². The first-order chi connectivity index (χ1) is 8.37. The van der Waals surface area contributed by atoms with Crippen molar-refractivity contribution in [3.63, 3.8) is 0 Å². The molecule has 1 heterocycles. The maximum absolute atomic E-state index is 11.9. The summed E-state index contributed by atoms with van der Waals surface area (Å²) in [6, 6.07) is 4.00. The second-order valence-corrected chi connectivity index (χ2v) is 5.83. The number of benzene rings is 1. The minimum Gasteiger partial charge on any atom is -0.383 e. The minimum atomic E-state index is -0.0324. The number of fused-ring (bicyclic) bond motifs is 1. The van der Waals surface area contributed by atoms with Gasteiger partial charge in [-0.1, -0.05) is 11.8 Å². The van der Waals surface area contributed by atoms with E-state index in [2.05, 4.69) is 37.9 Å². The molecule has 2 rings (SSSR count). The molecule has 0 spiro atoms. The number of hydrogen-bond donors (Lipinski definition) is 1. The van der Waals surface area contributed by atoms with Crippen LogP contribution < -0.4 is 5.32 Å². The first kappa shape index (κ1) is 12.7. The van der Waals surface area contributed by atoms with Crippen molar-refractivity contribution in [1.29, 1.82) is 0 Å². The van der Waals surface area contributed by atoms with Crippen LogP contribution in [-0.2, 0) is 0 Å². The summed E-state index contributed by atoms with van der Waals surface area (Å²) < 4.78 is 0. The van der Waals surface area contributed by atoms with Gasteiger partial charge in [0, 0.05) is 29.5 Å². The zero-order valence-corrected chi connectivity index (χ0v) is 11.5. The van der Waals surface area contributed by atoms with E-state index in [0.29, 0.717) is 13.0 Å². The van der Waals surface area contributed by atoms with Gasteiger partial charge < -0.3 is 5.32 Å². The van der Waals surface area contributed by atoms with E-state index < -0.39 is 0 Å². The third-order valence-corrected chi connectivity index (χ3v) is 2.81. The van der Waals surface area contributed by atoms with Crippen LogP contribution in [0.5, 0.6) is 0 Å². The number of aryl methyl sites for hydroxylation is 1. The number of nitrogens with one attached hydrogen (secondary N) is 1. The lowest BCUT2D eigenvalue weighted by Crippen LogP contribution is -2.19. The molecule has 0 bridgehead atoms. The van der Waals surface area contributed by atoms with Crippen LogP contribution in [0.15, 0.2) is 12.1 Å². The lowest BCUT2D eigenvalue weighted by Gasteiger charge is -2.19. The molecule has 1 aliphatic heterocycles. The Morgan fingerprint density at radius 3 is 2.67 bits per heavy atom. The van der Waals surface area contributed by atoms with Gasteiger partial charge >= 0.3 is 0 Å². The van der Waals surface area contributed by atoms with E-state index >= 15 is 0 Å². The second kappa shape index (κ2) is 4.49. The number of Topliss-reactive ketones (excluding diaryl/α,β-unsaturated/α-hetero) is 1. The molecule has 0 amide bonds. The van der Waals surface area contributed by atoms with Gasteiger partial charge in [-0.25, -0.2) is 0 Å². The number of anilines is 1. The number of ketones is 1. The molecular formula is C16H19NO. The average molecular weight is 241 g/mol. The third-order valence-electron chi connectivity index (χ3n) is 2.81. The van der Waals surface area contributed by atoms with E-state index in [4.69, 9.17) is 0 Å². The summed E-state index contributed by atoms with van der Waals surface area (Å²) in [7, 11) is 0. The number of carbonyl (C=O) groups is 1. The van der Waals surface area contributed by atoms with Gasteiger partial charge in [0.1, 0.15) is 0 Å². The summed E-state index contributed by atoms with van der Waals surface area (Å²) in [5, 5.41) is 3.30. The van der Waals surface area contributed by atoms with Crippen LogP contribution >= 0.6 is 0 Å². The van der Waals surface area contributed by atoms with Crippen molar-refractivity contribution >= 4 is 11.5 Å². The Labute approximate surface area is 109 Å². The van der Waals surface area contributed by atoms with Crippen LogP contribution in [-0.4, -0.2) is 12.3 Å². The maximum atomic E-state index is 11.9. The van der Waals surface area contributed by atoms with E-state index in [0.717, 1.165) is 22.4 Å². The summed E-state index contributed by atoms with van der Waals surface area (Å²) in [5.74, 6) is 6.65. The Hall–Kier alpha value is -1.75. The van der Waals surface area contributed by atoms with E-state index in [1.165, 1.54) is 0 Å². The summed E-state index contributed by atoms with van der Waals surface area (Å²) in [6.45, 7) is 8.96. The fourth-order valence-corrected chi connectivity index (χ4v) is 1.99. The topological polar surface area (TPSA) is 29.1 Å². The smallest absolute Gasteiger partial charge is 0.166 e. The van der Waals surface area contributed by atoms with Crippen molar-refractivity contribution in [1.82, 2.24) is 0 Å². The van der Waals surface area contributed by atoms with E-state index in [1.54, 1.807) is 0 Å².